The maximum Gasteiger partial charge on any atom is 0.264 e. The first-order valence-electron chi connectivity index (χ1n) is 7.65. The minimum atomic E-state index is -0.229. The highest BCUT2D eigenvalue weighted by Crippen LogP contribution is 2.24. The highest BCUT2D eigenvalue weighted by atomic mass is 79.9. The number of carbonyl (C=O) groups excluding carboxylic acids is 1. The Morgan fingerprint density at radius 3 is 2.91 bits per heavy atom. The van der Waals surface area contributed by atoms with E-state index >= 15 is 0 Å². The highest BCUT2D eigenvalue weighted by molar-refractivity contribution is 9.10. The average Bonchev–Trinajstić information content (AvgIpc) is 2.98. The van der Waals surface area contributed by atoms with E-state index in [1.54, 1.807) is 0 Å². The molecule has 1 aromatic heterocycles. The molecule has 2 aromatic rings. The number of hydrogen-bond acceptors (Lipinski definition) is 5. The molecule has 0 aliphatic rings. The van der Waals surface area contributed by atoms with E-state index in [1.165, 1.54) is 11.3 Å². The monoisotopic (exact) mass is 397 g/mol. The van der Waals surface area contributed by atoms with E-state index in [-0.39, 0.29) is 12.5 Å². The third kappa shape index (κ3) is 5.58. The molecule has 0 aliphatic heterocycles. The average molecular weight is 398 g/mol. The summed E-state index contributed by atoms with van der Waals surface area (Å²) < 4.78 is 6.61. The van der Waals surface area contributed by atoms with Crippen LogP contribution < -0.4 is 10.1 Å². The minimum Gasteiger partial charge on any atom is -0.483 e. The van der Waals surface area contributed by atoms with Crippen molar-refractivity contribution in [1.82, 2.24) is 10.2 Å². The van der Waals surface area contributed by atoms with Gasteiger partial charge in [-0.25, -0.2) is 0 Å². The summed E-state index contributed by atoms with van der Waals surface area (Å²) in [6, 6.07) is 5.76. The molecule has 0 spiro atoms. The van der Waals surface area contributed by atoms with Gasteiger partial charge in [0, 0.05) is 10.9 Å². The molecule has 1 aromatic carbocycles. The predicted octanol–water partition coefficient (Wildman–Crippen LogP) is 4.22. The van der Waals surface area contributed by atoms with Crippen LogP contribution >= 0.6 is 27.3 Å². The van der Waals surface area contributed by atoms with Gasteiger partial charge in [0.25, 0.3) is 5.91 Å². The Kier molecular flexibility index (Phi) is 6.98. The molecule has 0 saturated heterocycles. The molecule has 5 nitrogen and oxygen atoms in total. The van der Waals surface area contributed by atoms with Crippen molar-refractivity contribution in [2.24, 2.45) is 0 Å². The molecule has 124 valence electrons. The number of aryl methyl sites for hydroxylation is 2. The summed E-state index contributed by atoms with van der Waals surface area (Å²) in [5.74, 6) is 0.500. The number of aromatic nitrogens is 2. The van der Waals surface area contributed by atoms with Gasteiger partial charge in [-0.15, -0.1) is 10.2 Å². The minimum absolute atomic E-state index is 0.0431. The fraction of sp³-hybridized carbons (Fsp3) is 0.438. The molecule has 1 N–H and O–H groups in total. The fourth-order valence-corrected chi connectivity index (χ4v) is 3.20. The zero-order valence-corrected chi connectivity index (χ0v) is 15.7. The van der Waals surface area contributed by atoms with Gasteiger partial charge in [0.2, 0.25) is 5.13 Å². The lowest BCUT2D eigenvalue weighted by Crippen LogP contribution is -2.20. The number of amides is 1. The van der Waals surface area contributed by atoms with Crippen molar-refractivity contribution in [3.8, 4) is 5.75 Å². The molecular weight excluding hydrogens is 378 g/mol. The Labute approximate surface area is 148 Å². The van der Waals surface area contributed by atoms with Crippen molar-refractivity contribution < 1.29 is 9.53 Å². The van der Waals surface area contributed by atoms with Crippen molar-refractivity contribution >= 4 is 38.3 Å². The van der Waals surface area contributed by atoms with Crippen molar-refractivity contribution in [3.05, 3.63) is 33.2 Å². The van der Waals surface area contributed by atoms with Gasteiger partial charge < -0.3 is 4.74 Å². The molecule has 0 radical (unpaired) electrons. The molecule has 0 aliphatic carbocycles. The molecule has 23 heavy (non-hydrogen) atoms. The topological polar surface area (TPSA) is 64.1 Å². The molecule has 1 heterocycles. The van der Waals surface area contributed by atoms with E-state index in [9.17, 15) is 4.79 Å². The van der Waals surface area contributed by atoms with Crippen molar-refractivity contribution in [2.75, 3.05) is 11.9 Å². The molecule has 0 bridgehead atoms. The van der Waals surface area contributed by atoms with Crippen LogP contribution in [0, 0.1) is 0 Å². The van der Waals surface area contributed by atoms with Gasteiger partial charge in [0.05, 0.1) is 0 Å². The smallest absolute Gasteiger partial charge is 0.264 e. The summed E-state index contributed by atoms with van der Waals surface area (Å²) in [4.78, 5) is 12.0. The number of carbonyl (C=O) groups is 1. The van der Waals surface area contributed by atoms with Crippen LogP contribution in [-0.2, 0) is 17.6 Å². The maximum atomic E-state index is 12.0. The van der Waals surface area contributed by atoms with Crippen molar-refractivity contribution in [2.45, 2.75) is 39.5 Å². The first kappa shape index (κ1) is 17.9. The summed E-state index contributed by atoms with van der Waals surface area (Å²) in [6.07, 6.45) is 3.93. The van der Waals surface area contributed by atoms with Gasteiger partial charge >= 0.3 is 0 Å². The maximum absolute atomic E-state index is 12.0. The number of anilines is 1. The van der Waals surface area contributed by atoms with Crippen LogP contribution in [0.25, 0.3) is 0 Å². The van der Waals surface area contributed by atoms with Gasteiger partial charge in [0.15, 0.2) is 6.61 Å². The second-order valence-electron chi connectivity index (χ2n) is 5.05. The lowest BCUT2D eigenvalue weighted by molar-refractivity contribution is -0.118. The molecule has 2 rings (SSSR count). The van der Waals surface area contributed by atoms with Crippen LogP contribution in [-0.4, -0.2) is 22.7 Å². The van der Waals surface area contributed by atoms with Gasteiger partial charge in [-0.05, 0) is 36.6 Å². The molecule has 0 atom stereocenters. The SMILES string of the molecule is CCCCc1nnc(NC(=O)COc2ccc(Br)cc2CC)s1. The number of ether oxygens (including phenoxy) is 1. The van der Waals surface area contributed by atoms with E-state index in [1.807, 2.05) is 25.1 Å². The predicted molar refractivity (Wildman–Crippen MR) is 96.2 cm³/mol. The number of unbranched alkanes of at least 4 members (excludes halogenated alkanes) is 1. The second-order valence-corrected chi connectivity index (χ2v) is 7.02. The summed E-state index contributed by atoms with van der Waals surface area (Å²) in [7, 11) is 0. The number of halogens is 1. The summed E-state index contributed by atoms with van der Waals surface area (Å²) in [5.41, 5.74) is 1.06. The number of rotatable bonds is 8. The number of benzene rings is 1. The lowest BCUT2D eigenvalue weighted by Gasteiger charge is -2.10. The Hall–Kier alpha value is -1.47. The van der Waals surface area contributed by atoms with Crippen molar-refractivity contribution in [3.63, 3.8) is 0 Å². The van der Waals surface area contributed by atoms with E-state index in [0.29, 0.717) is 5.13 Å². The van der Waals surface area contributed by atoms with Crippen LogP contribution in [0.4, 0.5) is 5.13 Å². The normalized spacial score (nSPS) is 10.6. The largest absolute Gasteiger partial charge is 0.483 e. The standard InChI is InChI=1S/C16H20BrN3O2S/c1-3-5-6-15-19-20-16(23-15)18-14(21)10-22-13-8-7-12(17)9-11(13)4-2/h7-9H,3-6,10H2,1-2H3,(H,18,20,21). The number of nitrogens with one attached hydrogen (secondary N) is 1. The Morgan fingerprint density at radius 1 is 1.35 bits per heavy atom. The van der Waals surface area contributed by atoms with Gasteiger partial charge in [-0.1, -0.05) is 47.5 Å². The van der Waals surface area contributed by atoms with Gasteiger partial charge in [0.1, 0.15) is 10.8 Å². The van der Waals surface area contributed by atoms with Crippen LogP contribution in [0.2, 0.25) is 0 Å². The molecular formula is C16H20BrN3O2S. The molecule has 0 saturated carbocycles. The van der Waals surface area contributed by atoms with E-state index < -0.39 is 0 Å². The Morgan fingerprint density at radius 2 is 2.17 bits per heavy atom. The molecule has 7 heteroatoms. The zero-order valence-electron chi connectivity index (χ0n) is 13.3. The van der Waals surface area contributed by atoms with Crippen LogP contribution in [0.1, 0.15) is 37.3 Å². The van der Waals surface area contributed by atoms with Crippen molar-refractivity contribution in [1.29, 1.82) is 0 Å². The van der Waals surface area contributed by atoms with E-state index in [0.717, 1.165) is 46.5 Å². The number of nitrogens with zero attached hydrogens (tertiary/aromatic N) is 2. The van der Waals surface area contributed by atoms with Gasteiger partial charge in [-0.2, -0.15) is 0 Å². The third-order valence-corrected chi connectivity index (χ3v) is 4.61. The summed E-state index contributed by atoms with van der Waals surface area (Å²) >= 11 is 4.85. The summed E-state index contributed by atoms with van der Waals surface area (Å²) in [5, 5.41) is 12.3. The lowest BCUT2D eigenvalue weighted by atomic mass is 10.1. The zero-order chi connectivity index (χ0) is 16.7. The summed E-state index contributed by atoms with van der Waals surface area (Å²) in [6.45, 7) is 4.14. The first-order chi connectivity index (χ1) is 11.1. The highest BCUT2D eigenvalue weighted by Gasteiger charge is 2.10. The molecule has 0 unspecified atom stereocenters. The van der Waals surface area contributed by atoms with E-state index in [2.05, 4.69) is 38.4 Å². The van der Waals surface area contributed by atoms with Crippen LogP contribution in [0.15, 0.2) is 22.7 Å². The van der Waals surface area contributed by atoms with Crippen LogP contribution in [0.5, 0.6) is 5.75 Å². The Balaban J connectivity index is 1.86. The molecule has 1 amide bonds. The fourth-order valence-electron chi connectivity index (χ4n) is 2.00. The second kappa shape index (κ2) is 8.98. The Bertz CT molecular complexity index is 661. The number of hydrogen-bond donors (Lipinski definition) is 1. The third-order valence-electron chi connectivity index (χ3n) is 3.22. The van der Waals surface area contributed by atoms with E-state index in [4.69, 9.17) is 4.74 Å². The van der Waals surface area contributed by atoms with Gasteiger partial charge in [-0.3, -0.25) is 10.1 Å². The quantitative estimate of drug-likeness (QED) is 0.723. The molecule has 0 fully saturated rings. The van der Waals surface area contributed by atoms with Crippen LogP contribution in [0.3, 0.4) is 0 Å². The first-order valence-corrected chi connectivity index (χ1v) is 9.26.